The van der Waals surface area contributed by atoms with Gasteiger partial charge in [0.2, 0.25) is 0 Å². The summed E-state index contributed by atoms with van der Waals surface area (Å²) in [4.78, 5) is 2.52. The summed E-state index contributed by atoms with van der Waals surface area (Å²) < 4.78 is 0. The van der Waals surface area contributed by atoms with Crippen LogP contribution in [0, 0.1) is 0 Å². The highest BCUT2D eigenvalue weighted by molar-refractivity contribution is 5.56. The van der Waals surface area contributed by atoms with Gasteiger partial charge in [-0.1, -0.05) is 25.1 Å². The largest absolute Gasteiger partial charge is 0.396 e. The maximum Gasteiger partial charge on any atom is 0.0447 e. The van der Waals surface area contributed by atoms with E-state index in [2.05, 4.69) is 41.4 Å². The first-order valence-corrected chi connectivity index (χ1v) is 7.95. The molecular formula is C17H28N2O. The highest BCUT2D eigenvalue weighted by atomic mass is 16.3. The topological polar surface area (TPSA) is 35.5 Å². The Balaban J connectivity index is 2.26. The molecule has 2 N–H and O–H groups in total. The van der Waals surface area contributed by atoms with Crippen molar-refractivity contribution in [2.24, 2.45) is 0 Å². The highest BCUT2D eigenvalue weighted by Crippen LogP contribution is 2.34. The molecular weight excluding hydrogens is 248 g/mol. The van der Waals surface area contributed by atoms with Crippen molar-refractivity contribution >= 4 is 5.69 Å². The van der Waals surface area contributed by atoms with Crippen LogP contribution >= 0.6 is 0 Å². The van der Waals surface area contributed by atoms with Gasteiger partial charge in [0.1, 0.15) is 0 Å². The Bertz CT molecular complexity index is 400. The Hall–Kier alpha value is -1.06. The molecule has 2 rings (SSSR count). The van der Waals surface area contributed by atoms with Gasteiger partial charge in [0.05, 0.1) is 0 Å². The van der Waals surface area contributed by atoms with E-state index in [4.69, 9.17) is 5.11 Å². The fourth-order valence-electron chi connectivity index (χ4n) is 3.06. The number of hydrogen-bond acceptors (Lipinski definition) is 3. The number of nitrogens with zero attached hydrogens (tertiary/aromatic N) is 1. The van der Waals surface area contributed by atoms with Gasteiger partial charge < -0.3 is 15.3 Å². The van der Waals surface area contributed by atoms with Crippen LogP contribution in [0.5, 0.6) is 0 Å². The van der Waals surface area contributed by atoms with Gasteiger partial charge in [0, 0.05) is 30.9 Å². The average molecular weight is 276 g/mol. The Kier molecular flexibility index (Phi) is 5.86. The minimum atomic E-state index is 0.272. The zero-order valence-electron chi connectivity index (χ0n) is 12.8. The van der Waals surface area contributed by atoms with Gasteiger partial charge in [0.25, 0.3) is 0 Å². The van der Waals surface area contributed by atoms with Gasteiger partial charge in [-0.3, -0.25) is 0 Å². The molecule has 1 aliphatic carbocycles. The van der Waals surface area contributed by atoms with E-state index < -0.39 is 0 Å². The van der Waals surface area contributed by atoms with E-state index in [1.165, 1.54) is 30.5 Å². The van der Waals surface area contributed by atoms with E-state index in [0.717, 1.165) is 19.4 Å². The third-order valence-electron chi connectivity index (χ3n) is 4.45. The number of aliphatic hydroxyl groups excluding tert-OH is 1. The van der Waals surface area contributed by atoms with Crippen LogP contribution in [-0.4, -0.2) is 31.3 Å². The Morgan fingerprint density at radius 3 is 2.65 bits per heavy atom. The van der Waals surface area contributed by atoms with Crippen LogP contribution in [0.1, 0.15) is 50.6 Å². The van der Waals surface area contributed by atoms with E-state index in [-0.39, 0.29) is 6.61 Å². The van der Waals surface area contributed by atoms with Gasteiger partial charge in [-0.05, 0) is 50.8 Å². The zero-order chi connectivity index (χ0) is 14.4. The fourth-order valence-corrected chi connectivity index (χ4v) is 3.06. The minimum Gasteiger partial charge on any atom is -0.396 e. The fraction of sp³-hybridized carbons (Fsp3) is 0.647. The maximum atomic E-state index is 9.17. The molecule has 20 heavy (non-hydrogen) atoms. The number of benzene rings is 1. The third-order valence-corrected chi connectivity index (χ3v) is 4.45. The molecule has 1 saturated carbocycles. The van der Waals surface area contributed by atoms with E-state index in [9.17, 15) is 0 Å². The Morgan fingerprint density at radius 2 is 2.10 bits per heavy atom. The van der Waals surface area contributed by atoms with Crippen LogP contribution in [-0.2, 0) is 0 Å². The standard InChI is InChI=1S/C17H28N2O/c1-3-16(18-2)15-10-4-5-11-17(15)19(12-7-13-20)14-8-6-9-14/h4-5,10-11,14,16,18,20H,3,6-9,12-13H2,1-2H3. The van der Waals surface area contributed by atoms with Crippen LogP contribution in [0.4, 0.5) is 5.69 Å². The third kappa shape index (κ3) is 3.33. The SMILES string of the molecule is CCC(NC)c1ccccc1N(CCCO)C1CCC1. The molecule has 1 fully saturated rings. The number of hydrogen-bond donors (Lipinski definition) is 2. The molecule has 0 bridgehead atoms. The molecule has 3 nitrogen and oxygen atoms in total. The quantitative estimate of drug-likeness (QED) is 0.766. The smallest absolute Gasteiger partial charge is 0.0447 e. The summed E-state index contributed by atoms with van der Waals surface area (Å²) in [5.74, 6) is 0. The van der Waals surface area contributed by atoms with E-state index in [1.54, 1.807) is 0 Å². The van der Waals surface area contributed by atoms with Crippen molar-refractivity contribution in [1.82, 2.24) is 5.32 Å². The second-order valence-electron chi connectivity index (χ2n) is 5.66. The molecule has 1 unspecified atom stereocenters. The van der Waals surface area contributed by atoms with Gasteiger partial charge in [-0.15, -0.1) is 0 Å². The molecule has 0 amide bonds. The molecule has 1 aliphatic rings. The summed E-state index contributed by atoms with van der Waals surface area (Å²) >= 11 is 0. The molecule has 112 valence electrons. The van der Waals surface area contributed by atoms with E-state index in [1.807, 2.05) is 7.05 Å². The number of rotatable bonds is 8. The zero-order valence-corrected chi connectivity index (χ0v) is 12.8. The predicted octanol–water partition coefficient (Wildman–Crippen LogP) is 3.10. The summed E-state index contributed by atoms with van der Waals surface area (Å²) in [5.41, 5.74) is 2.74. The van der Waals surface area contributed by atoms with Crippen molar-refractivity contribution in [2.45, 2.75) is 51.1 Å². The van der Waals surface area contributed by atoms with Crippen LogP contribution < -0.4 is 10.2 Å². The van der Waals surface area contributed by atoms with Crippen molar-refractivity contribution in [3.05, 3.63) is 29.8 Å². The molecule has 0 aliphatic heterocycles. The molecule has 0 aromatic heterocycles. The van der Waals surface area contributed by atoms with E-state index in [0.29, 0.717) is 12.1 Å². The first-order chi connectivity index (χ1) is 9.81. The summed E-state index contributed by atoms with van der Waals surface area (Å²) in [6.07, 6.45) is 5.85. The van der Waals surface area contributed by atoms with Gasteiger partial charge in [0.15, 0.2) is 0 Å². The number of aliphatic hydroxyl groups is 1. The monoisotopic (exact) mass is 276 g/mol. The molecule has 0 spiro atoms. The minimum absolute atomic E-state index is 0.272. The first kappa shape index (κ1) is 15.3. The lowest BCUT2D eigenvalue weighted by Crippen LogP contribution is -2.42. The lowest BCUT2D eigenvalue weighted by molar-refractivity contribution is 0.282. The van der Waals surface area contributed by atoms with Crippen molar-refractivity contribution in [1.29, 1.82) is 0 Å². The van der Waals surface area contributed by atoms with Gasteiger partial charge in [-0.2, -0.15) is 0 Å². The first-order valence-electron chi connectivity index (χ1n) is 7.95. The number of para-hydroxylation sites is 1. The second-order valence-corrected chi connectivity index (χ2v) is 5.66. The lowest BCUT2D eigenvalue weighted by atomic mass is 9.89. The molecule has 1 atom stereocenters. The molecule has 1 aromatic carbocycles. The summed E-state index contributed by atoms with van der Waals surface area (Å²) in [7, 11) is 2.03. The molecule has 3 heteroatoms. The van der Waals surface area contributed by atoms with Crippen LogP contribution in [0.3, 0.4) is 0 Å². The molecule has 0 heterocycles. The lowest BCUT2D eigenvalue weighted by Gasteiger charge is -2.41. The highest BCUT2D eigenvalue weighted by Gasteiger charge is 2.27. The molecule has 1 aromatic rings. The Morgan fingerprint density at radius 1 is 1.35 bits per heavy atom. The molecule has 0 saturated heterocycles. The van der Waals surface area contributed by atoms with Crippen molar-refractivity contribution in [3.8, 4) is 0 Å². The van der Waals surface area contributed by atoms with Gasteiger partial charge in [-0.25, -0.2) is 0 Å². The summed E-state index contributed by atoms with van der Waals surface area (Å²) in [5, 5.41) is 12.6. The second kappa shape index (κ2) is 7.65. The normalized spacial score (nSPS) is 16.8. The van der Waals surface area contributed by atoms with Crippen molar-refractivity contribution < 1.29 is 5.11 Å². The summed E-state index contributed by atoms with van der Waals surface area (Å²) in [6, 6.07) is 9.81. The van der Waals surface area contributed by atoms with Crippen LogP contribution in [0.15, 0.2) is 24.3 Å². The van der Waals surface area contributed by atoms with Crippen LogP contribution in [0.25, 0.3) is 0 Å². The molecule has 0 radical (unpaired) electrons. The van der Waals surface area contributed by atoms with Crippen molar-refractivity contribution in [3.63, 3.8) is 0 Å². The van der Waals surface area contributed by atoms with E-state index >= 15 is 0 Å². The van der Waals surface area contributed by atoms with Crippen LogP contribution in [0.2, 0.25) is 0 Å². The Labute approximate surface area is 123 Å². The predicted molar refractivity (Wildman–Crippen MR) is 85.2 cm³/mol. The van der Waals surface area contributed by atoms with Gasteiger partial charge >= 0.3 is 0 Å². The number of nitrogens with one attached hydrogen (secondary N) is 1. The number of anilines is 1. The maximum absolute atomic E-state index is 9.17. The summed E-state index contributed by atoms with van der Waals surface area (Å²) in [6.45, 7) is 3.45. The van der Waals surface area contributed by atoms with Crippen molar-refractivity contribution in [2.75, 3.05) is 25.1 Å². The average Bonchev–Trinajstić information content (AvgIpc) is 2.43.